The zero-order valence-electron chi connectivity index (χ0n) is 7.94. The highest BCUT2D eigenvalue weighted by Crippen LogP contribution is 2.27. The van der Waals surface area contributed by atoms with Crippen LogP contribution in [0.15, 0.2) is 0 Å². The summed E-state index contributed by atoms with van der Waals surface area (Å²) in [7, 11) is 1.71. The van der Waals surface area contributed by atoms with Crippen molar-refractivity contribution in [1.82, 2.24) is 9.55 Å². The van der Waals surface area contributed by atoms with Crippen LogP contribution in [-0.4, -0.2) is 22.5 Å². The molecule has 0 atom stereocenters. The first-order chi connectivity index (χ1) is 6.52. The molecule has 1 amide bonds. The SMILES string of the molecule is Cc1c(N)nc(=S)n2c1N(C)C(=O)C2. The molecular weight excluding hydrogens is 200 g/mol. The molecule has 0 aliphatic carbocycles. The van der Waals surface area contributed by atoms with Gasteiger partial charge in [0.2, 0.25) is 10.7 Å². The minimum absolute atomic E-state index is 0.00611. The molecule has 1 aliphatic heterocycles. The summed E-state index contributed by atoms with van der Waals surface area (Å²) >= 11 is 5.02. The van der Waals surface area contributed by atoms with E-state index < -0.39 is 0 Å². The van der Waals surface area contributed by atoms with Crippen LogP contribution in [0.1, 0.15) is 5.56 Å². The average molecular weight is 210 g/mol. The van der Waals surface area contributed by atoms with E-state index in [-0.39, 0.29) is 12.5 Å². The number of rotatable bonds is 0. The Morgan fingerprint density at radius 2 is 2.21 bits per heavy atom. The van der Waals surface area contributed by atoms with E-state index in [0.29, 0.717) is 10.6 Å². The summed E-state index contributed by atoms with van der Waals surface area (Å²) < 4.78 is 2.06. The van der Waals surface area contributed by atoms with Crippen LogP contribution in [0.3, 0.4) is 0 Å². The predicted octanol–water partition coefficient (Wildman–Crippen LogP) is 0.480. The molecule has 74 valence electrons. The molecule has 0 bridgehead atoms. The Morgan fingerprint density at radius 3 is 2.86 bits per heavy atom. The lowest BCUT2D eigenvalue weighted by atomic mass is 10.3. The number of fused-ring (bicyclic) bond motifs is 1. The van der Waals surface area contributed by atoms with E-state index >= 15 is 0 Å². The van der Waals surface area contributed by atoms with Crippen molar-refractivity contribution in [1.29, 1.82) is 0 Å². The first kappa shape index (κ1) is 9.14. The molecular formula is C8H10N4OS. The Morgan fingerprint density at radius 1 is 1.57 bits per heavy atom. The van der Waals surface area contributed by atoms with E-state index in [9.17, 15) is 4.79 Å². The maximum atomic E-state index is 11.4. The highest BCUT2D eigenvalue weighted by molar-refractivity contribution is 7.71. The summed E-state index contributed by atoms with van der Waals surface area (Å²) in [6, 6.07) is 0. The maximum absolute atomic E-state index is 11.4. The van der Waals surface area contributed by atoms with Crippen LogP contribution in [0, 0.1) is 11.7 Å². The average Bonchev–Trinajstić information content (AvgIpc) is 2.41. The van der Waals surface area contributed by atoms with Gasteiger partial charge in [0.15, 0.2) is 0 Å². The predicted molar refractivity (Wildman–Crippen MR) is 55.6 cm³/mol. The second-order valence-electron chi connectivity index (χ2n) is 3.27. The summed E-state index contributed by atoms with van der Waals surface area (Å²) in [5, 5.41) is 0. The van der Waals surface area contributed by atoms with Crippen molar-refractivity contribution in [3.63, 3.8) is 0 Å². The molecule has 14 heavy (non-hydrogen) atoms. The number of hydrogen-bond acceptors (Lipinski definition) is 4. The van der Waals surface area contributed by atoms with Gasteiger partial charge in [-0.1, -0.05) is 0 Å². The molecule has 1 aliphatic rings. The molecule has 0 fully saturated rings. The summed E-state index contributed by atoms with van der Waals surface area (Å²) in [5.74, 6) is 1.15. The van der Waals surface area contributed by atoms with Crippen LogP contribution in [0.4, 0.5) is 11.6 Å². The Hall–Kier alpha value is -1.43. The van der Waals surface area contributed by atoms with Gasteiger partial charge in [0, 0.05) is 12.6 Å². The molecule has 2 N–H and O–H groups in total. The van der Waals surface area contributed by atoms with Crippen LogP contribution in [0.5, 0.6) is 0 Å². The van der Waals surface area contributed by atoms with Gasteiger partial charge in [-0.2, -0.15) is 0 Å². The smallest absolute Gasteiger partial charge is 0.247 e. The topological polar surface area (TPSA) is 64.2 Å². The van der Waals surface area contributed by atoms with Crippen molar-refractivity contribution in [3.05, 3.63) is 10.3 Å². The zero-order chi connectivity index (χ0) is 10.5. The number of nitrogens with two attached hydrogens (primary N) is 1. The van der Waals surface area contributed by atoms with E-state index in [1.807, 2.05) is 6.92 Å². The number of aromatic nitrogens is 2. The molecule has 2 rings (SSSR count). The molecule has 6 heteroatoms. The third kappa shape index (κ3) is 1.04. The van der Waals surface area contributed by atoms with E-state index in [0.717, 1.165) is 11.4 Å². The second-order valence-corrected chi connectivity index (χ2v) is 3.63. The molecule has 0 saturated heterocycles. The quantitative estimate of drug-likeness (QED) is 0.632. The van der Waals surface area contributed by atoms with Crippen LogP contribution in [0.25, 0.3) is 0 Å². The highest BCUT2D eigenvalue weighted by Gasteiger charge is 2.26. The van der Waals surface area contributed by atoms with Crippen molar-refractivity contribution in [2.24, 2.45) is 0 Å². The zero-order valence-corrected chi connectivity index (χ0v) is 8.76. The Balaban J connectivity index is 2.80. The minimum Gasteiger partial charge on any atom is -0.383 e. The number of hydrogen-bond donors (Lipinski definition) is 1. The number of amides is 1. The normalized spacial score (nSPS) is 14.7. The fourth-order valence-corrected chi connectivity index (χ4v) is 1.84. The number of anilines is 2. The van der Waals surface area contributed by atoms with Crippen molar-refractivity contribution >= 4 is 29.8 Å². The Bertz CT molecular complexity index is 479. The molecule has 1 aromatic heterocycles. The van der Waals surface area contributed by atoms with E-state index in [1.165, 1.54) is 0 Å². The fourth-order valence-electron chi connectivity index (χ4n) is 1.59. The molecule has 0 saturated carbocycles. The van der Waals surface area contributed by atoms with Crippen LogP contribution < -0.4 is 10.6 Å². The number of carbonyl (C=O) groups excluding carboxylic acids is 1. The van der Waals surface area contributed by atoms with E-state index in [1.54, 1.807) is 16.5 Å². The molecule has 1 aromatic rings. The lowest BCUT2D eigenvalue weighted by Crippen LogP contribution is -2.21. The van der Waals surface area contributed by atoms with E-state index in [2.05, 4.69) is 4.98 Å². The largest absolute Gasteiger partial charge is 0.383 e. The minimum atomic E-state index is 0.00611. The van der Waals surface area contributed by atoms with Gasteiger partial charge in [0.1, 0.15) is 18.2 Å². The molecule has 0 spiro atoms. The number of nitrogen functional groups attached to an aromatic ring is 1. The van der Waals surface area contributed by atoms with Crippen LogP contribution >= 0.6 is 12.2 Å². The lowest BCUT2D eigenvalue weighted by molar-refractivity contribution is -0.117. The number of nitrogens with zero attached hydrogens (tertiary/aromatic N) is 3. The van der Waals surface area contributed by atoms with Gasteiger partial charge in [-0.05, 0) is 19.1 Å². The molecule has 0 aromatic carbocycles. The van der Waals surface area contributed by atoms with Gasteiger partial charge >= 0.3 is 0 Å². The first-order valence-corrected chi connectivity index (χ1v) is 4.56. The first-order valence-electron chi connectivity index (χ1n) is 4.16. The maximum Gasteiger partial charge on any atom is 0.247 e. The summed E-state index contributed by atoms with van der Waals surface area (Å²) in [4.78, 5) is 17.0. The van der Waals surface area contributed by atoms with Gasteiger partial charge < -0.3 is 5.73 Å². The monoisotopic (exact) mass is 210 g/mol. The third-order valence-corrected chi connectivity index (χ3v) is 2.72. The Kier molecular flexibility index (Phi) is 1.81. The fraction of sp³-hybridized carbons (Fsp3) is 0.375. The number of carbonyl (C=O) groups is 1. The number of likely N-dealkylation sites (N-methyl/N-ethyl adjacent to an activating group) is 1. The van der Waals surface area contributed by atoms with Crippen molar-refractivity contribution in [2.45, 2.75) is 13.5 Å². The third-order valence-electron chi connectivity index (χ3n) is 2.41. The van der Waals surface area contributed by atoms with Crippen LogP contribution in [-0.2, 0) is 11.3 Å². The second kappa shape index (κ2) is 2.78. The lowest BCUT2D eigenvalue weighted by Gasteiger charge is -2.13. The van der Waals surface area contributed by atoms with Crippen molar-refractivity contribution < 1.29 is 4.79 Å². The molecule has 5 nitrogen and oxygen atoms in total. The van der Waals surface area contributed by atoms with Gasteiger partial charge in [0.05, 0.1) is 0 Å². The standard InChI is InChI=1S/C8H10N4OS/c1-4-6(9)10-8(14)12-3-5(13)11(2)7(4)12/h3H2,1-2H3,(H2,9,10,14). The Labute approximate surface area is 86.2 Å². The van der Waals surface area contributed by atoms with Crippen molar-refractivity contribution in [2.75, 3.05) is 17.7 Å². The van der Waals surface area contributed by atoms with E-state index in [4.69, 9.17) is 18.0 Å². The highest BCUT2D eigenvalue weighted by atomic mass is 32.1. The molecule has 0 unspecified atom stereocenters. The van der Waals surface area contributed by atoms with Gasteiger partial charge in [-0.3, -0.25) is 14.3 Å². The van der Waals surface area contributed by atoms with Gasteiger partial charge in [-0.25, -0.2) is 4.98 Å². The molecule has 0 radical (unpaired) electrons. The van der Waals surface area contributed by atoms with Gasteiger partial charge in [-0.15, -0.1) is 0 Å². The van der Waals surface area contributed by atoms with Gasteiger partial charge in [0.25, 0.3) is 0 Å². The van der Waals surface area contributed by atoms with Crippen LogP contribution in [0.2, 0.25) is 0 Å². The van der Waals surface area contributed by atoms with Crippen molar-refractivity contribution in [3.8, 4) is 0 Å². The summed E-state index contributed by atoms with van der Waals surface area (Å²) in [6.45, 7) is 2.09. The summed E-state index contributed by atoms with van der Waals surface area (Å²) in [5.41, 5.74) is 6.47. The molecule has 2 heterocycles. The summed E-state index contributed by atoms with van der Waals surface area (Å²) in [6.07, 6.45) is 0.